The number of urea groups is 1. The number of ether oxygens (including phenoxy) is 4. The maximum atomic E-state index is 12.6. The van der Waals surface area contributed by atoms with Crippen molar-refractivity contribution in [2.45, 2.75) is 39.5 Å². The summed E-state index contributed by atoms with van der Waals surface area (Å²) in [6, 6.07) is 10.4. The number of hydrogen-bond donors (Lipinski definition) is 2. The summed E-state index contributed by atoms with van der Waals surface area (Å²) in [5.41, 5.74) is 1.27. The average Bonchev–Trinajstić information content (AvgIpc) is 2.94. The average molecular weight is 525 g/mol. The van der Waals surface area contributed by atoms with Crippen LogP contribution in [0, 0.1) is 0 Å². The number of unbranched alkanes of at least 4 members (excludes halogenated alkanes) is 2. The van der Waals surface area contributed by atoms with Crippen molar-refractivity contribution in [1.82, 2.24) is 15.2 Å². The van der Waals surface area contributed by atoms with Crippen molar-refractivity contribution >= 4 is 22.6 Å². The van der Waals surface area contributed by atoms with Gasteiger partial charge in [-0.1, -0.05) is 26.7 Å². The van der Waals surface area contributed by atoms with E-state index in [-0.39, 0.29) is 6.03 Å². The standard InChI is InChI=1S/C29H40N4O5/c1-6-8-15-33(16-9-7-2)17-14-31-29(34)32-23-11-10-21(18-26(23)35-3)38-25-12-13-30-24-20-28(37-5)27(36-4)19-22(24)25/h10-13,18-20H,6-9,14-17H2,1-5H3,(H2,31,32,34). The number of methoxy groups -OCH3 is 3. The number of nitrogens with one attached hydrogen (secondary N) is 2. The molecule has 9 nitrogen and oxygen atoms in total. The molecule has 0 aliphatic carbocycles. The fraction of sp³-hybridized carbons (Fsp3) is 0.448. The number of carbonyl (C=O) groups excluding carboxylic acids is 1. The van der Waals surface area contributed by atoms with Crippen LogP contribution in [0.25, 0.3) is 10.9 Å². The van der Waals surface area contributed by atoms with Crippen LogP contribution in [0.2, 0.25) is 0 Å². The number of nitrogens with zero attached hydrogens (tertiary/aromatic N) is 2. The highest BCUT2D eigenvalue weighted by Gasteiger charge is 2.14. The van der Waals surface area contributed by atoms with Crippen LogP contribution in [0.3, 0.4) is 0 Å². The third-order valence-corrected chi connectivity index (χ3v) is 6.23. The van der Waals surface area contributed by atoms with Crippen LogP contribution >= 0.6 is 0 Å². The molecule has 0 spiro atoms. The molecule has 2 N–H and O–H groups in total. The summed E-state index contributed by atoms with van der Waals surface area (Å²) in [6.45, 7) is 7.91. The molecule has 0 unspecified atom stereocenters. The zero-order valence-electron chi connectivity index (χ0n) is 23.1. The van der Waals surface area contributed by atoms with E-state index in [0.717, 1.165) is 37.9 Å². The fourth-order valence-electron chi connectivity index (χ4n) is 4.09. The van der Waals surface area contributed by atoms with Gasteiger partial charge in [0.2, 0.25) is 0 Å². The zero-order valence-corrected chi connectivity index (χ0v) is 23.1. The van der Waals surface area contributed by atoms with E-state index in [4.69, 9.17) is 18.9 Å². The Morgan fingerprint density at radius 2 is 1.53 bits per heavy atom. The minimum absolute atomic E-state index is 0.274. The van der Waals surface area contributed by atoms with E-state index >= 15 is 0 Å². The molecule has 0 atom stereocenters. The summed E-state index contributed by atoms with van der Waals surface area (Å²) in [5.74, 6) is 2.82. The lowest BCUT2D eigenvalue weighted by Gasteiger charge is -2.22. The minimum atomic E-state index is -0.274. The molecule has 3 rings (SSSR count). The van der Waals surface area contributed by atoms with Gasteiger partial charge in [0.15, 0.2) is 11.5 Å². The number of hydrogen-bond acceptors (Lipinski definition) is 7. The Morgan fingerprint density at radius 1 is 0.842 bits per heavy atom. The molecule has 0 radical (unpaired) electrons. The first-order valence-electron chi connectivity index (χ1n) is 13.2. The number of fused-ring (bicyclic) bond motifs is 1. The van der Waals surface area contributed by atoms with E-state index < -0.39 is 0 Å². The monoisotopic (exact) mass is 524 g/mol. The van der Waals surface area contributed by atoms with Gasteiger partial charge in [0, 0.05) is 36.8 Å². The van der Waals surface area contributed by atoms with Crippen molar-refractivity contribution in [2.24, 2.45) is 0 Å². The first kappa shape index (κ1) is 28.8. The molecule has 206 valence electrons. The Balaban J connectivity index is 1.66. The van der Waals surface area contributed by atoms with Crippen LogP contribution in [0.15, 0.2) is 42.6 Å². The molecule has 38 heavy (non-hydrogen) atoms. The maximum Gasteiger partial charge on any atom is 0.319 e. The van der Waals surface area contributed by atoms with Crippen molar-refractivity contribution in [3.63, 3.8) is 0 Å². The predicted octanol–water partition coefficient (Wildman–Crippen LogP) is 6.08. The smallest absolute Gasteiger partial charge is 0.319 e. The molecule has 0 saturated carbocycles. The third kappa shape index (κ3) is 7.89. The summed E-state index contributed by atoms with van der Waals surface area (Å²) >= 11 is 0. The lowest BCUT2D eigenvalue weighted by molar-refractivity contribution is 0.242. The molecule has 3 aromatic rings. The van der Waals surface area contributed by atoms with Gasteiger partial charge in [-0.2, -0.15) is 0 Å². The highest BCUT2D eigenvalue weighted by atomic mass is 16.5. The van der Waals surface area contributed by atoms with E-state index in [1.807, 2.05) is 6.07 Å². The highest BCUT2D eigenvalue weighted by molar-refractivity contribution is 5.91. The Kier molecular flexibility index (Phi) is 11.3. The topological polar surface area (TPSA) is 94.2 Å². The van der Waals surface area contributed by atoms with Crippen LogP contribution in [-0.4, -0.2) is 63.4 Å². The number of pyridine rings is 1. The summed E-state index contributed by atoms with van der Waals surface area (Å²) in [7, 11) is 4.73. The Bertz CT molecular complexity index is 1180. The molecule has 0 bridgehead atoms. The van der Waals surface area contributed by atoms with Crippen molar-refractivity contribution < 1.29 is 23.7 Å². The zero-order chi connectivity index (χ0) is 27.3. The molecule has 2 amide bonds. The second-order valence-electron chi connectivity index (χ2n) is 8.93. The molecule has 1 aromatic heterocycles. The van der Waals surface area contributed by atoms with Gasteiger partial charge in [0.25, 0.3) is 0 Å². The summed E-state index contributed by atoms with van der Waals surface area (Å²) in [5, 5.41) is 6.61. The van der Waals surface area contributed by atoms with Gasteiger partial charge in [-0.3, -0.25) is 4.98 Å². The lowest BCUT2D eigenvalue weighted by atomic mass is 10.2. The van der Waals surface area contributed by atoms with Gasteiger partial charge in [-0.25, -0.2) is 4.79 Å². The normalized spacial score (nSPS) is 10.9. The maximum absolute atomic E-state index is 12.6. The molecule has 9 heteroatoms. The van der Waals surface area contributed by atoms with Gasteiger partial charge in [-0.15, -0.1) is 0 Å². The first-order chi connectivity index (χ1) is 18.5. The van der Waals surface area contributed by atoms with Crippen LogP contribution in [0.1, 0.15) is 39.5 Å². The van der Waals surface area contributed by atoms with Crippen LogP contribution in [0.4, 0.5) is 10.5 Å². The molecule has 1 heterocycles. The van der Waals surface area contributed by atoms with Gasteiger partial charge in [-0.05, 0) is 50.2 Å². The van der Waals surface area contributed by atoms with E-state index in [2.05, 4.69) is 34.4 Å². The number of benzene rings is 2. The van der Waals surface area contributed by atoms with Crippen molar-refractivity contribution in [1.29, 1.82) is 0 Å². The van der Waals surface area contributed by atoms with E-state index in [9.17, 15) is 4.79 Å². The number of rotatable bonds is 15. The predicted molar refractivity (Wildman–Crippen MR) is 151 cm³/mol. The van der Waals surface area contributed by atoms with Crippen molar-refractivity contribution in [3.05, 3.63) is 42.6 Å². The third-order valence-electron chi connectivity index (χ3n) is 6.23. The van der Waals surface area contributed by atoms with Crippen LogP contribution in [-0.2, 0) is 0 Å². The molecule has 0 aliphatic rings. The fourth-order valence-corrected chi connectivity index (χ4v) is 4.09. The Labute approximate surface area is 225 Å². The molecular weight excluding hydrogens is 484 g/mol. The van der Waals surface area contributed by atoms with E-state index in [1.165, 1.54) is 12.8 Å². The first-order valence-corrected chi connectivity index (χ1v) is 13.2. The Morgan fingerprint density at radius 3 is 2.18 bits per heavy atom. The quantitative estimate of drug-likeness (QED) is 0.249. The van der Waals surface area contributed by atoms with Crippen molar-refractivity contribution in [3.8, 4) is 28.7 Å². The van der Waals surface area contributed by atoms with Gasteiger partial charge in [0.1, 0.15) is 17.2 Å². The second kappa shape index (κ2) is 14.9. The summed E-state index contributed by atoms with van der Waals surface area (Å²) in [6.07, 6.45) is 6.33. The van der Waals surface area contributed by atoms with E-state index in [0.29, 0.717) is 46.5 Å². The number of anilines is 1. The molecular formula is C29H40N4O5. The minimum Gasteiger partial charge on any atom is -0.494 e. The number of aromatic nitrogens is 1. The van der Waals surface area contributed by atoms with Gasteiger partial charge < -0.3 is 34.5 Å². The van der Waals surface area contributed by atoms with Crippen LogP contribution < -0.4 is 29.6 Å². The second-order valence-corrected chi connectivity index (χ2v) is 8.93. The highest BCUT2D eigenvalue weighted by Crippen LogP contribution is 2.38. The number of amides is 2. The molecule has 0 aliphatic heterocycles. The van der Waals surface area contributed by atoms with Crippen LogP contribution in [0.5, 0.6) is 28.7 Å². The summed E-state index contributed by atoms with van der Waals surface area (Å²) < 4.78 is 22.5. The summed E-state index contributed by atoms with van der Waals surface area (Å²) in [4.78, 5) is 19.4. The number of carbonyl (C=O) groups is 1. The SMILES string of the molecule is CCCCN(CCCC)CCNC(=O)Nc1ccc(Oc2ccnc3cc(OC)c(OC)cc23)cc1OC. The molecule has 0 saturated heterocycles. The van der Waals surface area contributed by atoms with Gasteiger partial charge in [0.05, 0.1) is 32.5 Å². The van der Waals surface area contributed by atoms with E-state index in [1.54, 1.807) is 57.9 Å². The van der Waals surface area contributed by atoms with Gasteiger partial charge >= 0.3 is 6.03 Å². The largest absolute Gasteiger partial charge is 0.494 e. The molecule has 2 aromatic carbocycles. The Hall–Kier alpha value is -3.72. The van der Waals surface area contributed by atoms with Crippen molar-refractivity contribution in [2.75, 3.05) is 52.8 Å². The lowest BCUT2D eigenvalue weighted by Crippen LogP contribution is -2.37. The molecule has 0 fully saturated rings.